The highest BCUT2D eigenvalue weighted by molar-refractivity contribution is 9.11. The van der Waals surface area contributed by atoms with Crippen LogP contribution in [-0.4, -0.2) is 30.2 Å². The fourth-order valence-corrected chi connectivity index (χ4v) is 4.53. The summed E-state index contributed by atoms with van der Waals surface area (Å²) in [6, 6.07) is 4.86. The van der Waals surface area contributed by atoms with Gasteiger partial charge in [-0.15, -0.1) is 11.3 Å². The second kappa shape index (κ2) is 5.83. The first-order chi connectivity index (χ1) is 8.08. The first kappa shape index (κ1) is 13.5. The molecule has 0 aliphatic heterocycles. The number of hydrogen-bond donors (Lipinski definition) is 1. The Bertz CT molecular complexity index is 358. The van der Waals surface area contributed by atoms with Crippen molar-refractivity contribution >= 4 is 27.3 Å². The molecule has 96 valence electrons. The Hall–Kier alpha value is 0.1000. The topological polar surface area (TPSA) is 23.5 Å². The smallest absolute Gasteiger partial charge is 0.0701 e. The van der Waals surface area contributed by atoms with Crippen LogP contribution in [0.2, 0.25) is 0 Å². The zero-order chi connectivity index (χ0) is 12.4. The molecule has 1 aromatic rings. The van der Waals surface area contributed by atoms with E-state index in [0.29, 0.717) is 12.0 Å². The minimum atomic E-state index is -0.0656. The fraction of sp³-hybridized carbons (Fsp3) is 0.692. The molecule has 1 aromatic heterocycles. The van der Waals surface area contributed by atoms with Gasteiger partial charge in [0.15, 0.2) is 0 Å². The molecule has 0 amide bonds. The Balaban J connectivity index is 2.12. The van der Waals surface area contributed by atoms with Crippen molar-refractivity contribution in [3.05, 3.63) is 20.8 Å². The van der Waals surface area contributed by atoms with Crippen LogP contribution in [0.1, 0.15) is 36.6 Å². The van der Waals surface area contributed by atoms with E-state index in [1.807, 2.05) is 11.3 Å². The lowest BCUT2D eigenvalue weighted by atomic mass is 9.81. The number of nitrogens with zero attached hydrogens (tertiary/aromatic N) is 1. The van der Waals surface area contributed by atoms with E-state index in [0.717, 1.165) is 25.7 Å². The molecule has 2 rings (SSSR count). The van der Waals surface area contributed by atoms with Crippen molar-refractivity contribution in [1.29, 1.82) is 0 Å². The zero-order valence-corrected chi connectivity index (χ0v) is 12.8. The summed E-state index contributed by atoms with van der Waals surface area (Å²) in [5, 5.41) is 9.60. The van der Waals surface area contributed by atoms with E-state index < -0.39 is 0 Å². The maximum absolute atomic E-state index is 9.60. The van der Waals surface area contributed by atoms with E-state index in [4.69, 9.17) is 0 Å². The van der Waals surface area contributed by atoms with Gasteiger partial charge in [0, 0.05) is 10.9 Å². The molecule has 0 bridgehead atoms. The third kappa shape index (κ3) is 3.31. The molecule has 1 aliphatic carbocycles. The van der Waals surface area contributed by atoms with Crippen LogP contribution < -0.4 is 0 Å². The van der Waals surface area contributed by atoms with Crippen LogP contribution >= 0.6 is 27.3 Å². The van der Waals surface area contributed by atoms with Gasteiger partial charge in [-0.3, -0.25) is 0 Å². The monoisotopic (exact) mass is 317 g/mol. The summed E-state index contributed by atoms with van der Waals surface area (Å²) in [5.74, 6) is 0.680. The van der Waals surface area contributed by atoms with Crippen molar-refractivity contribution in [2.24, 2.45) is 5.92 Å². The van der Waals surface area contributed by atoms with Gasteiger partial charge >= 0.3 is 0 Å². The third-order valence-corrected chi connectivity index (χ3v) is 5.32. The quantitative estimate of drug-likeness (QED) is 0.919. The van der Waals surface area contributed by atoms with Crippen molar-refractivity contribution in [3.8, 4) is 0 Å². The van der Waals surface area contributed by atoms with E-state index in [2.05, 4.69) is 47.1 Å². The Labute approximate surface area is 116 Å². The molecule has 1 aliphatic rings. The van der Waals surface area contributed by atoms with Crippen molar-refractivity contribution in [2.45, 2.75) is 37.8 Å². The van der Waals surface area contributed by atoms with Gasteiger partial charge in [-0.05, 0) is 73.8 Å². The minimum Gasteiger partial charge on any atom is -0.393 e. The van der Waals surface area contributed by atoms with Crippen molar-refractivity contribution in [1.82, 2.24) is 4.90 Å². The summed E-state index contributed by atoms with van der Waals surface area (Å²) in [6.07, 6.45) is 4.13. The Morgan fingerprint density at radius 3 is 2.41 bits per heavy atom. The van der Waals surface area contributed by atoms with Crippen molar-refractivity contribution in [2.75, 3.05) is 14.1 Å². The molecular weight excluding hydrogens is 298 g/mol. The average molecular weight is 318 g/mol. The summed E-state index contributed by atoms with van der Waals surface area (Å²) >= 11 is 5.37. The zero-order valence-electron chi connectivity index (χ0n) is 10.4. The first-order valence-corrected chi connectivity index (χ1v) is 7.78. The largest absolute Gasteiger partial charge is 0.393 e. The van der Waals surface area contributed by atoms with Gasteiger partial charge in [0.1, 0.15) is 0 Å². The molecule has 0 spiro atoms. The molecule has 4 heteroatoms. The van der Waals surface area contributed by atoms with Gasteiger partial charge < -0.3 is 10.0 Å². The SMILES string of the molecule is CN(C)C(c1ccc(Br)s1)C1CCC(O)CC1. The third-order valence-electron chi connectivity index (χ3n) is 3.63. The molecule has 1 heterocycles. The predicted octanol–water partition coefficient (Wildman–Crippen LogP) is 3.66. The van der Waals surface area contributed by atoms with Gasteiger partial charge in [0.2, 0.25) is 0 Å². The van der Waals surface area contributed by atoms with Crippen LogP contribution in [0.25, 0.3) is 0 Å². The van der Waals surface area contributed by atoms with E-state index in [1.165, 1.54) is 8.66 Å². The molecule has 1 fully saturated rings. The van der Waals surface area contributed by atoms with Crippen LogP contribution in [-0.2, 0) is 0 Å². The number of thiophene rings is 1. The second-order valence-corrected chi connectivity index (χ2v) is 7.61. The molecule has 1 saturated carbocycles. The lowest BCUT2D eigenvalue weighted by molar-refractivity contribution is 0.0788. The number of aliphatic hydroxyl groups is 1. The average Bonchev–Trinajstić information content (AvgIpc) is 2.68. The lowest BCUT2D eigenvalue weighted by Crippen LogP contribution is -2.30. The number of halogens is 1. The number of aliphatic hydroxyl groups excluding tert-OH is 1. The summed E-state index contributed by atoms with van der Waals surface area (Å²) in [6.45, 7) is 0. The lowest BCUT2D eigenvalue weighted by Gasteiger charge is -2.35. The van der Waals surface area contributed by atoms with Crippen LogP contribution in [0.4, 0.5) is 0 Å². The minimum absolute atomic E-state index is 0.0656. The Morgan fingerprint density at radius 2 is 1.94 bits per heavy atom. The molecule has 17 heavy (non-hydrogen) atoms. The first-order valence-electron chi connectivity index (χ1n) is 6.17. The summed E-state index contributed by atoms with van der Waals surface area (Å²) < 4.78 is 1.20. The Morgan fingerprint density at radius 1 is 1.29 bits per heavy atom. The summed E-state index contributed by atoms with van der Waals surface area (Å²) in [4.78, 5) is 3.75. The van der Waals surface area contributed by atoms with Crippen LogP contribution in [0.5, 0.6) is 0 Å². The highest BCUT2D eigenvalue weighted by atomic mass is 79.9. The van der Waals surface area contributed by atoms with Gasteiger partial charge in [-0.2, -0.15) is 0 Å². The van der Waals surface area contributed by atoms with E-state index >= 15 is 0 Å². The van der Waals surface area contributed by atoms with Crippen molar-refractivity contribution < 1.29 is 5.11 Å². The predicted molar refractivity (Wildman–Crippen MR) is 76.4 cm³/mol. The van der Waals surface area contributed by atoms with E-state index in [9.17, 15) is 5.11 Å². The van der Waals surface area contributed by atoms with E-state index in [1.54, 1.807) is 0 Å². The van der Waals surface area contributed by atoms with Crippen LogP contribution in [0, 0.1) is 5.92 Å². The van der Waals surface area contributed by atoms with Gasteiger partial charge in [-0.25, -0.2) is 0 Å². The van der Waals surface area contributed by atoms with Gasteiger partial charge in [-0.1, -0.05) is 0 Å². The molecule has 1 N–H and O–H groups in total. The van der Waals surface area contributed by atoms with E-state index in [-0.39, 0.29) is 6.10 Å². The maximum atomic E-state index is 9.60. The standard InChI is InChI=1S/C13H20BrNOS/c1-15(2)13(11-7-8-12(14)17-11)9-3-5-10(16)6-4-9/h7-10,13,16H,3-6H2,1-2H3. The summed E-state index contributed by atoms with van der Waals surface area (Å²) in [5.41, 5.74) is 0. The Kier molecular flexibility index (Phi) is 4.64. The van der Waals surface area contributed by atoms with Crippen LogP contribution in [0.15, 0.2) is 15.9 Å². The maximum Gasteiger partial charge on any atom is 0.0701 e. The molecule has 0 radical (unpaired) electrons. The highest BCUT2D eigenvalue weighted by Gasteiger charge is 2.30. The van der Waals surface area contributed by atoms with Crippen molar-refractivity contribution in [3.63, 3.8) is 0 Å². The number of rotatable bonds is 3. The number of hydrogen-bond acceptors (Lipinski definition) is 3. The van der Waals surface area contributed by atoms with Gasteiger partial charge in [0.25, 0.3) is 0 Å². The van der Waals surface area contributed by atoms with Gasteiger partial charge in [0.05, 0.1) is 9.89 Å². The highest BCUT2D eigenvalue weighted by Crippen LogP contribution is 2.40. The molecule has 0 saturated heterocycles. The molecule has 1 atom stereocenters. The summed E-state index contributed by atoms with van der Waals surface area (Å²) in [7, 11) is 4.31. The normalized spacial score (nSPS) is 27.4. The van der Waals surface area contributed by atoms with Crippen LogP contribution in [0.3, 0.4) is 0 Å². The fourth-order valence-electron chi connectivity index (χ4n) is 2.81. The molecule has 0 aromatic carbocycles. The molecule has 2 nitrogen and oxygen atoms in total. The molecule has 1 unspecified atom stereocenters. The molecular formula is C13H20BrNOS. The second-order valence-electron chi connectivity index (χ2n) is 5.12.